The highest BCUT2D eigenvalue weighted by Crippen LogP contribution is 2.28. The Balaban J connectivity index is 1.99. The van der Waals surface area contributed by atoms with Crippen LogP contribution in [0.4, 0.5) is 0 Å². The molecule has 0 unspecified atom stereocenters. The Kier molecular flexibility index (Phi) is 7.56. The average Bonchev–Trinajstić information content (AvgIpc) is 2.63. The Hall–Kier alpha value is -3.35. The maximum Gasteiger partial charge on any atom is 0.341 e. The van der Waals surface area contributed by atoms with Gasteiger partial charge in [-0.05, 0) is 55.7 Å². The quantitative estimate of drug-likeness (QED) is 0.512. The first-order valence-electron chi connectivity index (χ1n) is 8.88. The number of ether oxygens (including phenoxy) is 2. The SMILES string of the molecule is CCOc1cc(/C=N/NC(=O)Cc2ccc(C)cc2C)ccc1OCC(=O)O. The fourth-order valence-electron chi connectivity index (χ4n) is 2.57. The summed E-state index contributed by atoms with van der Waals surface area (Å²) in [5.41, 5.74) is 6.36. The summed E-state index contributed by atoms with van der Waals surface area (Å²) in [5.74, 6) is -0.538. The molecule has 0 radical (unpaired) electrons. The molecular formula is C21H24N2O5. The van der Waals surface area contributed by atoms with Crippen molar-refractivity contribution in [3.63, 3.8) is 0 Å². The van der Waals surface area contributed by atoms with Gasteiger partial charge in [0.2, 0.25) is 5.91 Å². The third kappa shape index (κ3) is 6.42. The van der Waals surface area contributed by atoms with E-state index in [-0.39, 0.29) is 12.3 Å². The summed E-state index contributed by atoms with van der Waals surface area (Å²) in [4.78, 5) is 22.7. The summed E-state index contributed by atoms with van der Waals surface area (Å²) in [5, 5.41) is 12.7. The van der Waals surface area contributed by atoms with E-state index < -0.39 is 12.6 Å². The fraction of sp³-hybridized carbons (Fsp3) is 0.286. The number of carbonyl (C=O) groups is 2. The lowest BCUT2D eigenvalue weighted by atomic mass is 10.0. The maximum atomic E-state index is 12.1. The van der Waals surface area contributed by atoms with Crippen molar-refractivity contribution in [2.75, 3.05) is 13.2 Å². The minimum absolute atomic E-state index is 0.213. The van der Waals surface area contributed by atoms with Crippen LogP contribution in [0.5, 0.6) is 11.5 Å². The zero-order valence-electron chi connectivity index (χ0n) is 16.2. The molecule has 7 heteroatoms. The third-order valence-corrected chi connectivity index (χ3v) is 3.87. The predicted molar refractivity (Wildman–Crippen MR) is 106 cm³/mol. The van der Waals surface area contributed by atoms with E-state index in [2.05, 4.69) is 10.5 Å². The summed E-state index contributed by atoms with van der Waals surface area (Å²) in [6.45, 7) is 5.74. The van der Waals surface area contributed by atoms with Gasteiger partial charge in [0.15, 0.2) is 18.1 Å². The number of benzene rings is 2. The van der Waals surface area contributed by atoms with Crippen LogP contribution in [0.3, 0.4) is 0 Å². The molecule has 7 nitrogen and oxygen atoms in total. The molecule has 148 valence electrons. The van der Waals surface area contributed by atoms with Crippen LogP contribution in [-0.2, 0) is 16.0 Å². The van der Waals surface area contributed by atoms with Crippen LogP contribution >= 0.6 is 0 Å². The van der Waals surface area contributed by atoms with Crippen molar-refractivity contribution < 1.29 is 24.2 Å². The third-order valence-electron chi connectivity index (χ3n) is 3.87. The molecule has 0 aromatic heterocycles. The van der Waals surface area contributed by atoms with Gasteiger partial charge in [0.25, 0.3) is 0 Å². The van der Waals surface area contributed by atoms with Gasteiger partial charge in [-0.3, -0.25) is 4.79 Å². The number of carboxylic acids is 1. The number of nitrogens with zero attached hydrogens (tertiary/aromatic N) is 1. The molecule has 0 atom stereocenters. The normalized spacial score (nSPS) is 10.7. The van der Waals surface area contributed by atoms with Gasteiger partial charge in [-0.2, -0.15) is 5.10 Å². The van der Waals surface area contributed by atoms with Crippen molar-refractivity contribution in [3.8, 4) is 11.5 Å². The lowest BCUT2D eigenvalue weighted by Crippen LogP contribution is -2.20. The van der Waals surface area contributed by atoms with Gasteiger partial charge in [-0.1, -0.05) is 23.8 Å². The first kappa shape index (κ1) is 21.0. The molecule has 0 bridgehead atoms. The fourth-order valence-corrected chi connectivity index (χ4v) is 2.57. The highest BCUT2D eigenvalue weighted by Gasteiger charge is 2.08. The van der Waals surface area contributed by atoms with Crippen LogP contribution < -0.4 is 14.9 Å². The summed E-state index contributed by atoms with van der Waals surface area (Å²) < 4.78 is 10.7. The van der Waals surface area contributed by atoms with Crippen LogP contribution in [0.1, 0.15) is 29.2 Å². The van der Waals surface area contributed by atoms with E-state index >= 15 is 0 Å². The first-order valence-corrected chi connectivity index (χ1v) is 8.88. The Morgan fingerprint density at radius 3 is 2.57 bits per heavy atom. The molecule has 0 saturated heterocycles. The molecule has 2 N–H and O–H groups in total. The van der Waals surface area contributed by atoms with E-state index in [1.807, 2.05) is 39.0 Å². The highest BCUT2D eigenvalue weighted by atomic mass is 16.5. The van der Waals surface area contributed by atoms with Crippen molar-refractivity contribution >= 4 is 18.1 Å². The van der Waals surface area contributed by atoms with Crippen LogP contribution in [0.25, 0.3) is 0 Å². The topological polar surface area (TPSA) is 97.2 Å². The summed E-state index contributed by atoms with van der Waals surface area (Å²) >= 11 is 0. The number of rotatable bonds is 9. The number of carboxylic acid groups (broad SMARTS) is 1. The number of hydrogen-bond donors (Lipinski definition) is 2. The minimum Gasteiger partial charge on any atom is -0.490 e. The van der Waals surface area contributed by atoms with Crippen molar-refractivity contribution in [1.29, 1.82) is 0 Å². The van der Waals surface area contributed by atoms with Gasteiger partial charge in [0.1, 0.15) is 0 Å². The molecule has 0 aliphatic heterocycles. The van der Waals surface area contributed by atoms with Crippen LogP contribution in [0.2, 0.25) is 0 Å². The molecule has 0 fully saturated rings. The van der Waals surface area contributed by atoms with Crippen molar-refractivity contribution in [3.05, 3.63) is 58.7 Å². The Morgan fingerprint density at radius 1 is 1.11 bits per heavy atom. The van der Waals surface area contributed by atoms with E-state index in [1.165, 1.54) is 6.21 Å². The molecule has 0 aliphatic rings. The summed E-state index contributed by atoms with van der Waals surface area (Å²) in [7, 11) is 0. The lowest BCUT2D eigenvalue weighted by molar-refractivity contribution is -0.139. The molecule has 0 aliphatic carbocycles. The van der Waals surface area contributed by atoms with E-state index in [0.717, 1.165) is 16.7 Å². The van der Waals surface area contributed by atoms with Crippen molar-refractivity contribution in [1.82, 2.24) is 5.43 Å². The predicted octanol–water partition coefficient (Wildman–Crippen LogP) is 2.86. The van der Waals surface area contributed by atoms with E-state index in [9.17, 15) is 9.59 Å². The summed E-state index contributed by atoms with van der Waals surface area (Å²) in [6.07, 6.45) is 1.74. The second-order valence-corrected chi connectivity index (χ2v) is 6.22. The minimum atomic E-state index is -1.07. The highest BCUT2D eigenvalue weighted by molar-refractivity contribution is 5.84. The molecule has 2 rings (SSSR count). The number of nitrogens with one attached hydrogen (secondary N) is 1. The Labute approximate surface area is 164 Å². The van der Waals surface area contributed by atoms with Crippen LogP contribution in [0, 0.1) is 13.8 Å². The first-order chi connectivity index (χ1) is 13.4. The van der Waals surface area contributed by atoms with Gasteiger partial charge in [-0.15, -0.1) is 0 Å². The van der Waals surface area contributed by atoms with Crippen LogP contribution in [-0.4, -0.2) is 36.4 Å². The largest absolute Gasteiger partial charge is 0.490 e. The zero-order chi connectivity index (χ0) is 20.5. The second-order valence-electron chi connectivity index (χ2n) is 6.22. The smallest absolute Gasteiger partial charge is 0.341 e. The van der Waals surface area contributed by atoms with Gasteiger partial charge < -0.3 is 14.6 Å². The van der Waals surface area contributed by atoms with Crippen molar-refractivity contribution in [2.24, 2.45) is 5.10 Å². The van der Waals surface area contributed by atoms with E-state index in [0.29, 0.717) is 23.7 Å². The molecule has 0 heterocycles. The molecule has 1 amide bonds. The standard InChI is InChI=1S/C21H24N2O5/c1-4-27-19-10-16(6-8-18(19)28-13-21(25)26)12-22-23-20(24)11-17-7-5-14(2)9-15(17)3/h5-10,12H,4,11,13H2,1-3H3,(H,23,24)(H,25,26)/b22-12+. The van der Waals surface area contributed by atoms with E-state index in [1.54, 1.807) is 18.2 Å². The number of hydrogen-bond acceptors (Lipinski definition) is 5. The number of aryl methyl sites for hydroxylation is 2. The van der Waals surface area contributed by atoms with Gasteiger partial charge in [0.05, 0.1) is 19.2 Å². The Morgan fingerprint density at radius 2 is 1.89 bits per heavy atom. The zero-order valence-corrected chi connectivity index (χ0v) is 16.2. The summed E-state index contributed by atoms with van der Waals surface area (Å²) in [6, 6.07) is 10.9. The van der Waals surface area contributed by atoms with Gasteiger partial charge >= 0.3 is 5.97 Å². The number of aliphatic carboxylic acids is 1. The Bertz CT molecular complexity index is 877. The van der Waals surface area contributed by atoms with Gasteiger partial charge in [0, 0.05) is 0 Å². The second kappa shape index (κ2) is 10.1. The molecule has 2 aromatic rings. The number of hydrazone groups is 1. The molecule has 2 aromatic carbocycles. The molecular weight excluding hydrogens is 360 g/mol. The molecule has 0 saturated carbocycles. The molecule has 0 spiro atoms. The van der Waals surface area contributed by atoms with Crippen LogP contribution in [0.15, 0.2) is 41.5 Å². The monoisotopic (exact) mass is 384 g/mol. The van der Waals surface area contributed by atoms with E-state index in [4.69, 9.17) is 14.6 Å². The maximum absolute atomic E-state index is 12.1. The lowest BCUT2D eigenvalue weighted by Gasteiger charge is -2.11. The molecule has 28 heavy (non-hydrogen) atoms. The van der Waals surface area contributed by atoms with Gasteiger partial charge in [-0.25, -0.2) is 10.2 Å². The van der Waals surface area contributed by atoms with Crippen molar-refractivity contribution in [2.45, 2.75) is 27.2 Å². The number of amides is 1. The average molecular weight is 384 g/mol. The number of carbonyl (C=O) groups excluding carboxylic acids is 1.